The molecule has 0 radical (unpaired) electrons. The first-order valence-corrected chi connectivity index (χ1v) is 6.70. The number of phenolic OH excluding ortho intramolecular Hbond substituents is 1. The van der Waals surface area contributed by atoms with Gasteiger partial charge in [-0.25, -0.2) is 0 Å². The van der Waals surface area contributed by atoms with E-state index in [2.05, 4.69) is 36.6 Å². The van der Waals surface area contributed by atoms with Gasteiger partial charge < -0.3 is 5.11 Å². The summed E-state index contributed by atoms with van der Waals surface area (Å²) >= 11 is 0. The maximum Gasteiger partial charge on any atom is 0.115 e. The average Bonchev–Trinajstić information content (AvgIpc) is 2.28. The van der Waals surface area contributed by atoms with Gasteiger partial charge in [-0.15, -0.1) is 0 Å². The maximum atomic E-state index is 9.46. The highest BCUT2D eigenvalue weighted by atomic mass is 16.3. The molecule has 0 aromatic heterocycles. The van der Waals surface area contributed by atoms with E-state index in [1.807, 2.05) is 12.1 Å². The molecule has 2 rings (SSSR count). The summed E-state index contributed by atoms with van der Waals surface area (Å²) in [4.78, 5) is 4.99. The van der Waals surface area contributed by atoms with E-state index in [9.17, 15) is 5.11 Å². The SMILES string of the molecule is CC(C)(C)N1CCN(Cc2cccc(O)c2)CC1. The van der Waals surface area contributed by atoms with Gasteiger partial charge in [0.05, 0.1) is 0 Å². The zero-order valence-corrected chi connectivity index (χ0v) is 11.7. The molecule has 3 nitrogen and oxygen atoms in total. The number of rotatable bonds is 2. The van der Waals surface area contributed by atoms with Crippen LogP contribution in [0.5, 0.6) is 5.75 Å². The van der Waals surface area contributed by atoms with Gasteiger partial charge in [-0.2, -0.15) is 0 Å². The van der Waals surface area contributed by atoms with Gasteiger partial charge in [0.25, 0.3) is 0 Å². The van der Waals surface area contributed by atoms with E-state index >= 15 is 0 Å². The fraction of sp³-hybridized carbons (Fsp3) is 0.600. The molecule has 1 saturated heterocycles. The number of phenols is 1. The Morgan fingerprint density at radius 2 is 1.78 bits per heavy atom. The third kappa shape index (κ3) is 3.47. The van der Waals surface area contributed by atoms with Crippen molar-refractivity contribution in [2.45, 2.75) is 32.9 Å². The maximum absolute atomic E-state index is 9.46. The van der Waals surface area contributed by atoms with Crippen LogP contribution in [0.1, 0.15) is 26.3 Å². The molecule has 0 spiro atoms. The lowest BCUT2D eigenvalue weighted by molar-refractivity contribution is 0.0591. The van der Waals surface area contributed by atoms with Crippen molar-refractivity contribution >= 4 is 0 Å². The molecule has 18 heavy (non-hydrogen) atoms. The molecule has 0 amide bonds. The average molecular weight is 248 g/mol. The predicted octanol–water partition coefficient (Wildman–Crippen LogP) is 2.31. The van der Waals surface area contributed by atoms with Gasteiger partial charge in [-0.3, -0.25) is 9.80 Å². The van der Waals surface area contributed by atoms with Gasteiger partial charge in [-0.05, 0) is 38.5 Å². The topological polar surface area (TPSA) is 26.7 Å². The van der Waals surface area contributed by atoms with Crippen LogP contribution in [0.25, 0.3) is 0 Å². The van der Waals surface area contributed by atoms with Crippen molar-refractivity contribution in [1.82, 2.24) is 9.80 Å². The Morgan fingerprint density at radius 1 is 1.11 bits per heavy atom. The first kappa shape index (κ1) is 13.4. The fourth-order valence-corrected chi connectivity index (χ4v) is 2.49. The van der Waals surface area contributed by atoms with Gasteiger partial charge in [0, 0.05) is 38.3 Å². The summed E-state index contributed by atoms with van der Waals surface area (Å²) in [7, 11) is 0. The minimum absolute atomic E-state index is 0.275. The van der Waals surface area contributed by atoms with Gasteiger partial charge >= 0.3 is 0 Å². The summed E-state index contributed by atoms with van der Waals surface area (Å²) in [5.41, 5.74) is 1.47. The molecule has 0 bridgehead atoms. The van der Waals surface area contributed by atoms with Crippen LogP contribution in [0.15, 0.2) is 24.3 Å². The van der Waals surface area contributed by atoms with Crippen LogP contribution < -0.4 is 0 Å². The highest BCUT2D eigenvalue weighted by Gasteiger charge is 2.25. The first-order valence-electron chi connectivity index (χ1n) is 6.70. The van der Waals surface area contributed by atoms with Gasteiger partial charge in [0.2, 0.25) is 0 Å². The molecule has 0 aliphatic carbocycles. The highest BCUT2D eigenvalue weighted by molar-refractivity contribution is 5.27. The van der Waals surface area contributed by atoms with Crippen LogP contribution in [0.4, 0.5) is 0 Å². The summed E-state index contributed by atoms with van der Waals surface area (Å²) in [6, 6.07) is 7.57. The van der Waals surface area contributed by atoms with Crippen LogP contribution in [-0.4, -0.2) is 46.6 Å². The molecule has 1 aromatic carbocycles. The predicted molar refractivity (Wildman–Crippen MR) is 74.7 cm³/mol. The van der Waals surface area contributed by atoms with Gasteiger partial charge in [0.1, 0.15) is 5.75 Å². The van der Waals surface area contributed by atoms with E-state index in [-0.39, 0.29) is 5.54 Å². The highest BCUT2D eigenvalue weighted by Crippen LogP contribution is 2.18. The molecule has 1 N–H and O–H groups in total. The molecule has 1 aliphatic heterocycles. The van der Waals surface area contributed by atoms with Crippen molar-refractivity contribution < 1.29 is 5.11 Å². The van der Waals surface area contributed by atoms with Crippen molar-refractivity contribution in [2.75, 3.05) is 26.2 Å². The second kappa shape index (κ2) is 5.29. The Balaban J connectivity index is 1.87. The molecular weight excluding hydrogens is 224 g/mol. The minimum atomic E-state index is 0.275. The van der Waals surface area contributed by atoms with E-state index in [1.54, 1.807) is 6.07 Å². The van der Waals surface area contributed by atoms with Crippen molar-refractivity contribution in [1.29, 1.82) is 0 Å². The van der Waals surface area contributed by atoms with E-state index in [4.69, 9.17) is 0 Å². The lowest BCUT2D eigenvalue weighted by Crippen LogP contribution is -2.53. The molecular formula is C15H24N2O. The standard InChI is InChI=1S/C15H24N2O/c1-15(2,3)17-9-7-16(8-10-17)12-13-5-4-6-14(18)11-13/h4-6,11,18H,7-10,12H2,1-3H3. The quantitative estimate of drug-likeness (QED) is 0.870. The first-order chi connectivity index (χ1) is 8.45. The largest absolute Gasteiger partial charge is 0.508 e. The molecule has 1 aliphatic rings. The molecule has 1 aromatic rings. The second-order valence-electron chi connectivity index (χ2n) is 6.10. The monoisotopic (exact) mass is 248 g/mol. The Bertz CT molecular complexity index is 390. The number of nitrogens with zero attached hydrogens (tertiary/aromatic N) is 2. The Morgan fingerprint density at radius 3 is 2.33 bits per heavy atom. The molecule has 100 valence electrons. The Labute approximate surface area is 110 Å². The summed E-state index contributed by atoms with van der Waals surface area (Å²) in [5.74, 6) is 0.362. The number of benzene rings is 1. The number of hydrogen-bond acceptors (Lipinski definition) is 3. The molecule has 1 fully saturated rings. The zero-order chi connectivity index (χ0) is 13.2. The van der Waals surface area contributed by atoms with E-state index in [1.165, 1.54) is 5.56 Å². The molecule has 1 heterocycles. The van der Waals surface area contributed by atoms with Crippen molar-refractivity contribution in [2.24, 2.45) is 0 Å². The van der Waals surface area contributed by atoms with E-state index in [0.717, 1.165) is 32.7 Å². The third-order valence-electron chi connectivity index (χ3n) is 3.64. The third-order valence-corrected chi connectivity index (χ3v) is 3.64. The second-order valence-corrected chi connectivity index (χ2v) is 6.10. The molecule has 0 unspecified atom stereocenters. The summed E-state index contributed by atoms with van der Waals surface area (Å²) < 4.78 is 0. The van der Waals surface area contributed by atoms with Crippen LogP contribution in [0, 0.1) is 0 Å². The van der Waals surface area contributed by atoms with Gasteiger partial charge in [0.15, 0.2) is 0 Å². The van der Waals surface area contributed by atoms with Crippen molar-refractivity contribution in [3.8, 4) is 5.75 Å². The van der Waals surface area contributed by atoms with Crippen LogP contribution >= 0.6 is 0 Å². The fourth-order valence-electron chi connectivity index (χ4n) is 2.49. The molecule has 0 atom stereocenters. The number of aromatic hydroxyl groups is 1. The number of piperazine rings is 1. The smallest absolute Gasteiger partial charge is 0.115 e. The lowest BCUT2D eigenvalue weighted by atomic mass is 10.0. The van der Waals surface area contributed by atoms with Gasteiger partial charge in [-0.1, -0.05) is 12.1 Å². The van der Waals surface area contributed by atoms with Crippen LogP contribution in [-0.2, 0) is 6.54 Å². The number of hydrogen-bond donors (Lipinski definition) is 1. The van der Waals surface area contributed by atoms with Crippen LogP contribution in [0.3, 0.4) is 0 Å². The summed E-state index contributed by atoms with van der Waals surface area (Å²) in [6.07, 6.45) is 0. The minimum Gasteiger partial charge on any atom is -0.508 e. The Kier molecular flexibility index (Phi) is 3.93. The van der Waals surface area contributed by atoms with Crippen molar-refractivity contribution in [3.05, 3.63) is 29.8 Å². The van der Waals surface area contributed by atoms with Crippen LogP contribution in [0.2, 0.25) is 0 Å². The normalized spacial score (nSPS) is 19.1. The summed E-state index contributed by atoms with van der Waals surface area (Å²) in [6.45, 7) is 12.2. The molecule has 3 heteroatoms. The van der Waals surface area contributed by atoms with E-state index < -0.39 is 0 Å². The lowest BCUT2D eigenvalue weighted by Gasteiger charge is -2.42. The molecule has 0 saturated carbocycles. The van der Waals surface area contributed by atoms with E-state index in [0.29, 0.717) is 5.75 Å². The Hall–Kier alpha value is -1.06. The zero-order valence-electron chi connectivity index (χ0n) is 11.7. The van der Waals surface area contributed by atoms with Crippen molar-refractivity contribution in [3.63, 3.8) is 0 Å². The summed E-state index contributed by atoms with van der Waals surface area (Å²) in [5, 5.41) is 9.46.